The summed E-state index contributed by atoms with van der Waals surface area (Å²) >= 11 is 0. The van der Waals surface area contributed by atoms with Gasteiger partial charge < -0.3 is 9.47 Å². The number of nitrogens with zero attached hydrogens (tertiary/aromatic N) is 1. The fourth-order valence-corrected chi connectivity index (χ4v) is 4.41. The van der Waals surface area contributed by atoms with Gasteiger partial charge in [-0.2, -0.15) is 0 Å². The molecule has 1 saturated heterocycles. The quantitative estimate of drug-likeness (QED) is 0.748. The van der Waals surface area contributed by atoms with Crippen LogP contribution in [0.4, 0.5) is 0 Å². The van der Waals surface area contributed by atoms with Crippen molar-refractivity contribution >= 4 is 0 Å². The van der Waals surface area contributed by atoms with Crippen molar-refractivity contribution in [1.29, 1.82) is 0 Å². The molecule has 1 aliphatic carbocycles. The van der Waals surface area contributed by atoms with Crippen LogP contribution < -0.4 is 0 Å². The summed E-state index contributed by atoms with van der Waals surface area (Å²) in [4.78, 5) is 2.66. The molecular weight excluding hydrogens is 262 g/mol. The number of hydrogen-bond acceptors (Lipinski definition) is 3. The minimum Gasteiger partial charge on any atom is -0.500 e. The number of hydrogen-bond donors (Lipinski definition) is 0. The standard InChI is InChI=1S/C18H33NO2/c1-12(2)15-10-16(21-6)18(17(15)13(3)4)19-9-7-8-14(19)11-20-5/h10,12-15,17-18H,7-9,11H2,1-6H3/t14-,15+,17+,18+/m0/s1. The lowest BCUT2D eigenvalue weighted by atomic mass is 9.77. The van der Waals surface area contributed by atoms with Crippen molar-refractivity contribution in [3.63, 3.8) is 0 Å². The second-order valence-electron chi connectivity index (χ2n) is 7.35. The molecule has 2 aliphatic rings. The Kier molecular flexibility index (Phi) is 5.73. The van der Waals surface area contributed by atoms with E-state index in [0.717, 1.165) is 6.61 Å². The topological polar surface area (TPSA) is 21.7 Å². The highest BCUT2D eigenvalue weighted by Crippen LogP contribution is 2.44. The second-order valence-corrected chi connectivity index (χ2v) is 7.35. The van der Waals surface area contributed by atoms with Gasteiger partial charge in [0.1, 0.15) is 5.76 Å². The van der Waals surface area contributed by atoms with Crippen LogP contribution in [0.15, 0.2) is 11.8 Å². The van der Waals surface area contributed by atoms with E-state index in [1.54, 1.807) is 0 Å². The molecule has 1 aliphatic heterocycles. The summed E-state index contributed by atoms with van der Waals surface area (Å²) in [5, 5.41) is 0. The van der Waals surface area contributed by atoms with Crippen molar-refractivity contribution in [1.82, 2.24) is 4.90 Å². The summed E-state index contributed by atoms with van der Waals surface area (Å²) in [6.07, 6.45) is 4.93. The van der Waals surface area contributed by atoms with Crippen LogP contribution in [0.5, 0.6) is 0 Å². The van der Waals surface area contributed by atoms with Crippen molar-refractivity contribution in [3.05, 3.63) is 11.8 Å². The SMILES string of the molecule is COC[C@@H]1CCCN1[C@@H]1C(OC)=C[C@H](C(C)C)[C@H]1C(C)C. The Balaban J connectivity index is 2.27. The van der Waals surface area contributed by atoms with Crippen LogP contribution in [0, 0.1) is 23.7 Å². The van der Waals surface area contributed by atoms with Gasteiger partial charge in [0.05, 0.1) is 19.8 Å². The molecule has 3 nitrogen and oxygen atoms in total. The second kappa shape index (κ2) is 7.15. The highest BCUT2D eigenvalue weighted by Gasteiger charge is 2.46. The van der Waals surface area contributed by atoms with Gasteiger partial charge in [-0.25, -0.2) is 0 Å². The maximum Gasteiger partial charge on any atom is 0.109 e. The Labute approximate surface area is 130 Å². The van der Waals surface area contributed by atoms with Gasteiger partial charge in [-0.15, -0.1) is 0 Å². The van der Waals surface area contributed by atoms with Crippen LogP contribution >= 0.6 is 0 Å². The first-order chi connectivity index (χ1) is 10.0. The Hall–Kier alpha value is -0.540. The zero-order valence-electron chi connectivity index (χ0n) is 14.6. The molecule has 0 unspecified atom stereocenters. The molecule has 4 atom stereocenters. The average Bonchev–Trinajstić information content (AvgIpc) is 3.01. The first-order valence-electron chi connectivity index (χ1n) is 8.51. The zero-order chi connectivity index (χ0) is 15.6. The van der Waals surface area contributed by atoms with Crippen LogP contribution in [-0.2, 0) is 9.47 Å². The maximum absolute atomic E-state index is 5.80. The minimum atomic E-state index is 0.435. The van der Waals surface area contributed by atoms with Gasteiger partial charge in [0.2, 0.25) is 0 Å². The zero-order valence-corrected chi connectivity index (χ0v) is 14.6. The lowest BCUT2D eigenvalue weighted by molar-refractivity contribution is 0.0419. The molecule has 0 spiro atoms. The molecule has 0 aromatic rings. The third kappa shape index (κ3) is 3.29. The first kappa shape index (κ1) is 16.8. The Morgan fingerprint density at radius 3 is 2.43 bits per heavy atom. The van der Waals surface area contributed by atoms with Crippen molar-refractivity contribution in [2.24, 2.45) is 23.7 Å². The van der Waals surface area contributed by atoms with Gasteiger partial charge in [-0.1, -0.05) is 27.7 Å². The van der Waals surface area contributed by atoms with E-state index >= 15 is 0 Å². The molecular formula is C18H33NO2. The Bertz CT molecular complexity index is 364. The van der Waals surface area contributed by atoms with E-state index in [2.05, 4.69) is 38.7 Å². The van der Waals surface area contributed by atoms with E-state index < -0.39 is 0 Å². The monoisotopic (exact) mass is 295 g/mol. The molecule has 0 amide bonds. The molecule has 0 aromatic heterocycles. The van der Waals surface area contributed by atoms with Crippen LogP contribution in [-0.4, -0.2) is 44.4 Å². The Morgan fingerprint density at radius 1 is 1.19 bits per heavy atom. The predicted octanol–water partition coefficient (Wildman–Crippen LogP) is 3.55. The summed E-state index contributed by atoms with van der Waals surface area (Å²) in [6.45, 7) is 11.4. The van der Waals surface area contributed by atoms with Crippen molar-refractivity contribution in [2.45, 2.75) is 52.6 Å². The van der Waals surface area contributed by atoms with Crippen molar-refractivity contribution in [3.8, 4) is 0 Å². The highest BCUT2D eigenvalue weighted by molar-refractivity contribution is 5.20. The highest BCUT2D eigenvalue weighted by atomic mass is 16.5. The van der Waals surface area contributed by atoms with E-state index in [0.29, 0.717) is 35.8 Å². The molecule has 3 heteroatoms. The van der Waals surface area contributed by atoms with Crippen LogP contribution in [0.2, 0.25) is 0 Å². The molecule has 0 bridgehead atoms. The normalized spacial score (nSPS) is 34.0. The average molecular weight is 295 g/mol. The van der Waals surface area contributed by atoms with Gasteiger partial charge in [0.25, 0.3) is 0 Å². The largest absolute Gasteiger partial charge is 0.500 e. The van der Waals surface area contributed by atoms with E-state index in [-0.39, 0.29) is 0 Å². The summed E-state index contributed by atoms with van der Waals surface area (Å²) in [6, 6.07) is 0.982. The number of methoxy groups -OCH3 is 2. The van der Waals surface area contributed by atoms with Gasteiger partial charge in [0.15, 0.2) is 0 Å². The molecule has 0 radical (unpaired) electrons. The summed E-state index contributed by atoms with van der Waals surface area (Å²) < 4.78 is 11.3. The number of ether oxygens (including phenoxy) is 2. The van der Waals surface area contributed by atoms with Gasteiger partial charge in [-0.05, 0) is 49.1 Å². The van der Waals surface area contributed by atoms with Gasteiger partial charge in [0, 0.05) is 13.2 Å². The summed E-state index contributed by atoms with van der Waals surface area (Å²) in [5.74, 6) is 3.78. The smallest absolute Gasteiger partial charge is 0.109 e. The van der Waals surface area contributed by atoms with Gasteiger partial charge >= 0.3 is 0 Å². The number of allylic oxidation sites excluding steroid dienone is 1. The third-order valence-electron chi connectivity index (χ3n) is 5.37. The lowest BCUT2D eigenvalue weighted by Crippen LogP contribution is -2.47. The molecule has 2 rings (SSSR count). The van der Waals surface area contributed by atoms with Crippen LogP contribution in [0.3, 0.4) is 0 Å². The summed E-state index contributed by atoms with van der Waals surface area (Å²) in [7, 11) is 3.65. The van der Waals surface area contributed by atoms with E-state index in [1.165, 1.54) is 25.1 Å². The molecule has 0 aromatic carbocycles. The van der Waals surface area contributed by atoms with E-state index in [9.17, 15) is 0 Å². The van der Waals surface area contributed by atoms with E-state index in [1.807, 2.05) is 14.2 Å². The molecule has 0 N–H and O–H groups in total. The maximum atomic E-state index is 5.80. The van der Waals surface area contributed by atoms with Crippen LogP contribution in [0.25, 0.3) is 0 Å². The minimum absolute atomic E-state index is 0.435. The first-order valence-corrected chi connectivity index (χ1v) is 8.51. The number of rotatable bonds is 6. The third-order valence-corrected chi connectivity index (χ3v) is 5.37. The Morgan fingerprint density at radius 2 is 1.90 bits per heavy atom. The van der Waals surface area contributed by atoms with E-state index in [4.69, 9.17) is 9.47 Å². The van der Waals surface area contributed by atoms with Crippen LogP contribution in [0.1, 0.15) is 40.5 Å². The fraction of sp³-hybridized carbons (Fsp3) is 0.889. The summed E-state index contributed by atoms with van der Waals surface area (Å²) in [5.41, 5.74) is 0. The lowest BCUT2D eigenvalue weighted by Gasteiger charge is -2.39. The molecule has 21 heavy (non-hydrogen) atoms. The molecule has 0 saturated carbocycles. The molecule has 122 valence electrons. The van der Waals surface area contributed by atoms with Crippen molar-refractivity contribution in [2.75, 3.05) is 27.4 Å². The fourth-order valence-electron chi connectivity index (χ4n) is 4.41. The predicted molar refractivity (Wildman–Crippen MR) is 87.1 cm³/mol. The molecule has 1 fully saturated rings. The number of likely N-dealkylation sites (tertiary alicyclic amines) is 1. The molecule has 1 heterocycles. The van der Waals surface area contributed by atoms with Crippen molar-refractivity contribution < 1.29 is 9.47 Å². The van der Waals surface area contributed by atoms with Gasteiger partial charge in [-0.3, -0.25) is 4.90 Å².